The van der Waals surface area contributed by atoms with Crippen LogP contribution in [0.25, 0.3) is 0 Å². The number of hydrogen-bond acceptors (Lipinski definition) is 3. The first-order valence-corrected chi connectivity index (χ1v) is 4.40. The molecule has 0 heterocycles. The Hall–Kier alpha value is -0.120. The topological polar surface area (TPSA) is 24.5 Å². The van der Waals surface area contributed by atoms with E-state index in [-0.39, 0.29) is 0 Å². The molecule has 0 saturated carbocycles. The fraction of sp³-hybridized carbons (Fsp3) is 1.00. The van der Waals surface area contributed by atoms with E-state index < -0.39 is 0 Å². The SMILES string of the molecule is CCCCNN(CCC)OC. The lowest BCUT2D eigenvalue weighted by Gasteiger charge is -2.19. The van der Waals surface area contributed by atoms with Gasteiger partial charge < -0.3 is 0 Å². The molecule has 1 N–H and O–H groups in total. The van der Waals surface area contributed by atoms with E-state index in [9.17, 15) is 0 Å². The normalized spacial score (nSPS) is 10.9. The van der Waals surface area contributed by atoms with Gasteiger partial charge in [-0.1, -0.05) is 20.3 Å². The second kappa shape index (κ2) is 7.98. The van der Waals surface area contributed by atoms with E-state index in [0.717, 1.165) is 19.5 Å². The smallest absolute Gasteiger partial charge is 0.0591 e. The van der Waals surface area contributed by atoms with Crippen molar-refractivity contribution < 1.29 is 4.84 Å². The minimum atomic E-state index is 0.945. The number of hydroxylamine groups is 1. The van der Waals surface area contributed by atoms with Gasteiger partial charge in [-0.2, -0.15) is 0 Å². The summed E-state index contributed by atoms with van der Waals surface area (Å²) in [5.74, 6) is 0. The van der Waals surface area contributed by atoms with Crippen molar-refractivity contribution in [1.29, 1.82) is 0 Å². The van der Waals surface area contributed by atoms with Crippen LogP contribution in [0.15, 0.2) is 0 Å². The summed E-state index contributed by atoms with van der Waals surface area (Å²) in [6.45, 7) is 6.26. The van der Waals surface area contributed by atoms with Crippen molar-refractivity contribution in [3.8, 4) is 0 Å². The Morgan fingerprint density at radius 2 is 2.00 bits per heavy atom. The van der Waals surface area contributed by atoms with Crippen LogP contribution in [0.3, 0.4) is 0 Å². The largest absolute Gasteiger partial charge is 0.287 e. The first kappa shape index (κ1) is 10.9. The third-order valence-electron chi connectivity index (χ3n) is 1.47. The minimum absolute atomic E-state index is 0.945. The second-order valence-electron chi connectivity index (χ2n) is 2.55. The van der Waals surface area contributed by atoms with E-state index in [1.54, 1.807) is 12.3 Å². The maximum Gasteiger partial charge on any atom is 0.0591 e. The summed E-state index contributed by atoms with van der Waals surface area (Å²) in [6, 6.07) is 0. The van der Waals surface area contributed by atoms with Crippen molar-refractivity contribution in [3.63, 3.8) is 0 Å². The molecule has 0 rings (SSSR count). The van der Waals surface area contributed by atoms with Gasteiger partial charge in [-0.25, -0.2) is 5.43 Å². The van der Waals surface area contributed by atoms with Gasteiger partial charge in [-0.3, -0.25) is 4.84 Å². The van der Waals surface area contributed by atoms with Crippen molar-refractivity contribution >= 4 is 0 Å². The molecule has 0 fully saturated rings. The van der Waals surface area contributed by atoms with Crippen LogP contribution in [-0.4, -0.2) is 25.4 Å². The second-order valence-corrected chi connectivity index (χ2v) is 2.55. The molecule has 0 aromatic rings. The van der Waals surface area contributed by atoms with Crippen LogP contribution in [-0.2, 0) is 4.84 Å². The molecule has 0 aliphatic rings. The molecule has 0 aliphatic heterocycles. The molecule has 0 spiro atoms. The predicted octanol–water partition coefficient (Wildman–Crippen LogP) is 1.56. The average Bonchev–Trinajstić information content (AvgIpc) is 2.03. The zero-order valence-electron chi connectivity index (χ0n) is 7.89. The third-order valence-corrected chi connectivity index (χ3v) is 1.47. The summed E-state index contributed by atoms with van der Waals surface area (Å²) < 4.78 is 0. The van der Waals surface area contributed by atoms with Crippen LogP contribution in [0.4, 0.5) is 0 Å². The van der Waals surface area contributed by atoms with E-state index in [2.05, 4.69) is 19.3 Å². The monoisotopic (exact) mass is 160 g/mol. The lowest BCUT2D eigenvalue weighted by Crippen LogP contribution is -2.38. The number of unbranched alkanes of at least 4 members (excludes halogenated alkanes) is 1. The van der Waals surface area contributed by atoms with Crippen LogP contribution in [0, 0.1) is 0 Å². The summed E-state index contributed by atoms with van der Waals surface area (Å²) in [6.07, 6.45) is 3.52. The number of nitrogens with zero attached hydrogens (tertiary/aromatic N) is 1. The Balaban J connectivity index is 3.20. The van der Waals surface area contributed by atoms with Gasteiger partial charge in [0.15, 0.2) is 0 Å². The number of hydrazine groups is 1. The molecule has 68 valence electrons. The van der Waals surface area contributed by atoms with Gasteiger partial charge >= 0.3 is 0 Å². The van der Waals surface area contributed by atoms with E-state index in [1.165, 1.54) is 12.8 Å². The van der Waals surface area contributed by atoms with Crippen LogP contribution in [0.1, 0.15) is 33.1 Å². The van der Waals surface area contributed by atoms with Crippen LogP contribution < -0.4 is 5.43 Å². The van der Waals surface area contributed by atoms with Gasteiger partial charge in [0.1, 0.15) is 0 Å². The highest BCUT2D eigenvalue weighted by Gasteiger charge is 1.97. The summed E-state index contributed by atoms with van der Waals surface area (Å²) in [5.41, 5.74) is 3.18. The van der Waals surface area contributed by atoms with Crippen LogP contribution in [0.2, 0.25) is 0 Å². The molecule has 0 aliphatic carbocycles. The lowest BCUT2D eigenvalue weighted by atomic mass is 10.3. The van der Waals surface area contributed by atoms with Gasteiger partial charge in [-0.15, -0.1) is 5.17 Å². The predicted molar refractivity (Wildman–Crippen MR) is 46.9 cm³/mol. The van der Waals surface area contributed by atoms with Crippen LogP contribution in [0.5, 0.6) is 0 Å². The molecule has 0 aromatic carbocycles. The first-order chi connectivity index (χ1) is 5.35. The van der Waals surface area contributed by atoms with Gasteiger partial charge in [0.25, 0.3) is 0 Å². The van der Waals surface area contributed by atoms with E-state index in [0.29, 0.717) is 0 Å². The molecule has 0 radical (unpaired) electrons. The zero-order chi connectivity index (χ0) is 8.53. The van der Waals surface area contributed by atoms with Gasteiger partial charge in [0.05, 0.1) is 7.11 Å². The molecule has 0 bridgehead atoms. The molecule has 3 heteroatoms. The molecular weight excluding hydrogens is 140 g/mol. The Morgan fingerprint density at radius 3 is 2.45 bits per heavy atom. The molecule has 11 heavy (non-hydrogen) atoms. The van der Waals surface area contributed by atoms with Crippen molar-refractivity contribution in [3.05, 3.63) is 0 Å². The van der Waals surface area contributed by atoms with Crippen molar-refractivity contribution in [2.45, 2.75) is 33.1 Å². The van der Waals surface area contributed by atoms with Crippen LogP contribution >= 0.6 is 0 Å². The quantitative estimate of drug-likeness (QED) is 0.452. The van der Waals surface area contributed by atoms with E-state index >= 15 is 0 Å². The minimum Gasteiger partial charge on any atom is -0.287 e. The summed E-state index contributed by atoms with van der Waals surface area (Å²) in [4.78, 5) is 5.06. The van der Waals surface area contributed by atoms with Gasteiger partial charge in [0, 0.05) is 13.1 Å². The Morgan fingerprint density at radius 1 is 1.27 bits per heavy atom. The maximum absolute atomic E-state index is 5.06. The molecule has 0 unspecified atom stereocenters. The number of nitrogens with one attached hydrogen (secondary N) is 1. The lowest BCUT2D eigenvalue weighted by molar-refractivity contribution is -0.171. The highest BCUT2D eigenvalue weighted by Crippen LogP contribution is 1.88. The molecule has 0 saturated heterocycles. The molecule has 0 atom stereocenters. The Kier molecular flexibility index (Phi) is 7.89. The van der Waals surface area contributed by atoms with Crippen molar-refractivity contribution in [2.75, 3.05) is 20.2 Å². The molecule has 3 nitrogen and oxygen atoms in total. The van der Waals surface area contributed by atoms with Gasteiger partial charge in [-0.05, 0) is 12.8 Å². The Labute approximate surface area is 69.6 Å². The number of hydrogen-bond donors (Lipinski definition) is 1. The zero-order valence-corrected chi connectivity index (χ0v) is 7.89. The highest BCUT2D eigenvalue weighted by atomic mass is 16.7. The number of rotatable bonds is 7. The fourth-order valence-corrected chi connectivity index (χ4v) is 0.819. The maximum atomic E-state index is 5.06. The summed E-state index contributed by atoms with van der Waals surface area (Å²) in [7, 11) is 1.69. The standard InChI is InChI=1S/C8H20N2O/c1-4-6-7-9-10(11-3)8-5-2/h9H,4-8H2,1-3H3. The molecule has 0 aromatic heterocycles. The van der Waals surface area contributed by atoms with E-state index in [1.807, 2.05) is 0 Å². The Bertz CT molecular complexity index is 78.5. The molecule has 0 amide bonds. The third kappa shape index (κ3) is 6.28. The first-order valence-electron chi connectivity index (χ1n) is 4.40. The molecular formula is C8H20N2O. The van der Waals surface area contributed by atoms with Gasteiger partial charge in [0.2, 0.25) is 0 Å². The van der Waals surface area contributed by atoms with Crippen molar-refractivity contribution in [1.82, 2.24) is 10.6 Å². The van der Waals surface area contributed by atoms with Crippen molar-refractivity contribution in [2.24, 2.45) is 0 Å². The average molecular weight is 160 g/mol. The summed E-state index contributed by atoms with van der Waals surface area (Å²) >= 11 is 0. The summed E-state index contributed by atoms with van der Waals surface area (Å²) in [5, 5.41) is 1.79. The highest BCUT2D eigenvalue weighted by molar-refractivity contribution is 4.40. The van der Waals surface area contributed by atoms with E-state index in [4.69, 9.17) is 4.84 Å². The fourth-order valence-electron chi connectivity index (χ4n) is 0.819.